The molecule has 0 heterocycles. The molecule has 0 spiro atoms. The van der Waals surface area contributed by atoms with Crippen molar-refractivity contribution in [2.45, 2.75) is 20.3 Å². The fraction of sp³-hybridized carbons (Fsp3) is 0.278. The number of hydrogen-bond acceptors (Lipinski definition) is 2. The van der Waals surface area contributed by atoms with Gasteiger partial charge in [0.1, 0.15) is 12.4 Å². The van der Waals surface area contributed by atoms with Crippen LogP contribution in [0.15, 0.2) is 46.9 Å². The number of amides is 2. The minimum absolute atomic E-state index is 0.238. The van der Waals surface area contributed by atoms with E-state index in [2.05, 4.69) is 39.6 Å². The van der Waals surface area contributed by atoms with Crippen LogP contribution in [0.2, 0.25) is 0 Å². The van der Waals surface area contributed by atoms with Crippen molar-refractivity contribution in [3.05, 3.63) is 58.1 Å². The summed E-state index contributed by atoms with van der Waals surface area (Å²) in [7, 11) is 0. The van der Waals surface area contributed by atoms with Gasteiger partial charge in [-0.3, -0.25) is 0 Å². The largest absolute Gasteiger partial charge is 0.492 e. The highest BCUT2D eigenvalue weighted by molar-refractivity contribution is 9.10. The SMILES string of the molecule is CCc1cccc(OCCNC(=O)Nc2ccc(Br)c(C)c2)c1. The Hall–Kier alpha value is -2.01. The van der Waals surface area contributed by atoms with Gasteiger partial charge in [-0.05, 0) is 54.8 Å². The van der Waals surface area contributed by atoms with Crippen LogP contribution in [-0.4, -0.2) is 19.2 Å². The molecular weight excluding hydrogens is 356 g/mol. The Morgan fingerprint density at radius 1 is 1.22 bits per heavy atom. The highest BCUT2D eigenvalue weighted by Crippen LogP contribution is 2.19. The van der Waals surface area contributed by atoms with Gasteiger partial charge in [0, 0.05) is 10.2 Å². The molecule has 0 saturated carbocycles. The van der Waals surface area contributed by atoms with E-state index >= 15 is 0 Å². The summed E-state index contributed by atoms with van der Waals surface area (Å²) in [5, 5.41) is 5.58. The van der Waals surface area contributed by atoms with Crippen molar-refractivity contribution in [3.8, 4) is 5.75 Å². The van der Waals surface area contributed by atoms with Crippen molar-refractivity contribution in [1.29, 1.82) is 0 Å². The average Bonchev–Trinajstić information content (AvgIpc) is 2.55. The number of hydrogen-bond donors (Lipinski definition) is 2. The number of aryl methyl sites for hydroxylation is 2. The molecule has 2 amide bonds. The third-order valence-electron chi connectivity index (χ3n) is 3.38. The van der Waals surface area contributed by atoms with E-state index < -0.39 is 0 Å². The van der Waals surface area contributed by atoms with Gasteiger partial charge in [0.05, 0.1) is 6.54 Å². The smallest absolute Gasteiger partial charge is 0.319 e. The number of carbonyl (C=O) groups is 1. The fourth-order valence-corrected chi connectivity index (χ4v) is 2.33. The molecule has 0 fully saturated rings. The first-order valence-electron chi connectivity index (χ1n) is 7.61. The Morgan fingerprint density at radius 2 is 2.04 bits per heavy atom. The lowest BCUT2D eigenvalue weighted by Gasteiger charge is -2.10. The van der Waals surface area contributed by atoms with Crippen molar-refractivity contribution in [2.75, 3.05) is 18.5 Å². The predicted molar refractivity (Wildman–Crippen MR) is 97.2 cm³/mol. The summed E-state index contributed by atoms with van der Waals surface area (Å²) in [6, 6.07) is 13.4. The van der Waals surface area contributed by atoms with Gasteiger partial charge in [0.25, 0.3) is 0 Å². The molecule has 0 aromatic heterocycles. The third-order valence-corrected chi connectivity index (χ3v) is 4.27. The molecule has 5 heteroatoms. The second-order valence-electron chi connectivity index (χ2n) is 5.19. The van der Waals surface area contributed by atoms with E-state index in [1.807, 2.05) is 43.3 Å². The molecule has 4 nitrogen and oxygen atoms in total. The van der Waals surface area contributed by atoms with Gasteiger partial charge in [-0.15, -0.1) is 0 Å². The summed E-state index contributed by atoms with van der Waals surface area (Å²) < 4.78 is 6.65. The van der Waals surface area contributed by atoms with Crippen molar-refractivity contribution in [1.82, 2.24) is 5.32 Å². The number of carbonyl (C=O) groups excluding carboxylic acids is 1. The number of benzene rings is 2. The van der Waals surface area contributed by atoms with Crippen LogP contribution >= 0.6 is 15.9 Å². The third kappa shape index (κ3) is 5.60. The van der Waals surface area contributed by atoms with Crippen LogP contribution < -0.4 is 15.4 Å². The number of anilines is 1. The molecule has 0 bridgehead atoms. The number of ether oxygens (including phenoxy) is 1. The first-order chi connectivity index (χ1) is 11.1. The van der Waals surface area contributed by atoms with E-state index in [1.54, 1.807) is 0 Å². The minimum Gasteiger partial charge on any atom is -0.492 e. The minimum atomic E-state index is -0.238. The summed E-state index contributed by atoms with van der Waals surface area (Å²) in [5.41, 5.74) is 3.07. The van der Waals surface area contributed by atoms with Gasteiger partial charge < -0.3 is 15.4 Å². The Morgan fingerprint density at radius 3 is 2.78 bits per heavy atom. The number of urea groups is 1. The van der Waals surface area contributed by atoms with Crippen molar-refractivity contribution >= 4 is 27.6 Å². The maximum absolute atomic E-state index is 11.8. The molecule has 0 aliphatic rings. The molecule has 2 N–H and O–H groups in total. The zero-order valence-electron chi connectivity index (χ0n) is 13.4. The van der Waals surface area contributed by atoms with Crippen LogP contribution in [0, 0.1) is 6.92 Å². The fourth-order valence-electron chi connectivity index (χ4n) is 2.09. The van der Waals surface area contributed by atoms with E-state index in [-0.39, 0.29) is 6.03 Å². The summed E-state index contributed by atoms with van der Waals surface area (Å²) in [6.45, 7) is 4.96. The number of rotatable bonds is 6. The number of nitrogens with one attached hydrogen (secondary N) is 2. The van der Waals surface area contributed by atoms with Crippen molar-refractivity contribution in [2.24, 2.45) is 0 Å². The Labute approximate surface area is 145 Å². The normalized spacial score (nSPS) is 10.2. The molecule has 0 radical (unpaired) electrons. The molecule has 0 aliphatic heterocycles. The monoisotopic (exact) mass is 376 g/mol. The Balaban J connectivity index is 1.73. The Bertz CT molecular complexity index is 674. The zero-order valence-corrected chi connectivity index (χ0v) is 14.9. The standard InChI is InChI=1S/C18H21BrN2O2/c1-3-14-5-4-6-16(12-14)23-10-9-20-18(22)21-15-7-8-17(19)13(2)11-15/h4-8,11-12H,3,9-10H2,1-2H3,(H2,20,21,22). The van der Waals surface area contributed by atoms with Gasteiger partial charge >= 0.3 is 6.03 Å². The molecule has 0 aliphatic carbocycles. The highest BCUT2D eigenvalue weighted by Gasteiger charge is 2.03. The van der Waals surface area contributed by atoms with E-state index in [0.29, 0.717) is 13.2 Å². The van der Waals surface area contributed by atoms with Gasteiger partial charge in [-0.2, -0.15) is 0 Å². The molecule has 2 rings (SSSR count). The average molecular weight is 377 g/mol. The van der Waals surface area contributed by atoms with E-state index in [4.69, 9.17) is 4.74 Å². The van der Waals surface area contributed by atoms with Gasteiger partial charge in [0.15, 0.2) is 0 Å². The van der Waals surface area contributed by atoms with E-state index in [9.17, 15) is 4.79 Å². The maximum Gasteiger partial charge on any atom is 0.319 e. The lowest BCUT2D eigenvalue weighted by molar-refractivity contribution is 0.247. The lowest BCUT2D eigenvalue weighted by Crippen LogP contribution is -2.32. The summed E-state index contributed by atoms with van der Waals surface area (Å²) in [5.74, 6) is 0.829. The topological polar surface area (TPSA) is 50.4 Å². The number of halogens is 1. The van der Waals surface area contributed by atoms with E-state index in [1.165, 1.54) is 5.56 Å². The second kappa shape index (κ2) is 8.58. The van der Waals surface area contributed by atoms with Crippen molar-refractivity contribution in [3.63, 3.8) is 0 Å². The molecule has 2 aromatic carbocycles. The second-order valence-corrected chi connectivity index (χ2v) is 6.05. The van der Waals surface area contributed by atoms with Gasteiger partial charge in [-0.1, -0.05) is 35.0 Å². The zero-order chi connectivity index (χ0) is 16.7. The van der Waals surface area contributed by atoms with Crippen LogP contribution in [-0.2, 0) is 6.42 Å². The van der Waals surface area contributed by atoms with Gasteiger partial charge in [-0.25, -0.2) is 4.79 Å². The maximum atomic E-state index is 11.8. The summed E-state index contributed by atoms with van der Waals surface area (Å²) >= 11 is 3.43. The molecule has 0 saturated heterocycles. The molecule has 122 valence electrons. The molecule has 23 heavy (non-hydrogen) atoms. The highest BCUT2D eigenvalue weighted by atomic mass is 79.9. The van der Waals surface area contributed by atoms with Gasteiger partial charge in [0.2, 0.25) is 0 Å². The molecular formula is C18H21BrN2O2. The predicted octanol–water partition coefficient (Wildman–Crippen LogP) is 4.52. The first kappa shape index (κ1) is 17.3. The summed E-state index contributed by atoms with van der Waals surface area (Å²) in [4.78, 5) is 11.8. The summed E-state index contributed by atoms with van der Waals surface area (Å²) in [6.07, 6.45) is 0.977. The van der Waals surface area contributed by atoms with Crippen LogP contribution in [0.3, 0.4) is 0 Å². The Kier molecular flexibility index (Phi) is 6.47. The van der Waals surface area contributed by atoms with Crippen LogP contribution in [0.4, 0.5) is 10.5 Å². The quantitative estimate of drug-likeness (QED) is 0.728. The van der Waals surface area contributed by atoms with Crippen LogP contribution in [0.5, 0.6) is 5.75 Å². The lowest BCUT2D eigenvalue weighted by atomic mass is 10.2. The molecule has 2 aromatic rings. The molecule has 0 unspecified atom stereocenters. The molecule has 0 atom stereocenters. The first-order valence-corrected chi connectivity index (χ1v) is 8.40. The van der Waals surface area contributed by atoms with Crippen LogP contribution in [0.1, 0.15) is 18.1 Å². The van der Waals surface area contributed by atoms with Crippen molar-refractivity contribution < 1.29 is 9.53 Å². The van der Waals surface area contributed by atoms with Crippen LogP contribution in [0.25, 0.3) is 0 Å². The van der Waals surface area contributed by atoms with E-state index in [0.717, 1.165) is 27.9 Å².